The van der Waals surface area contributed by atoms with E-state index in [2.05, 4.69) is 38.1 Å². The highest BCUT2D eigenvalue weighted by Gasteiger charge is 2.32. The average molecular weight is 259 g/mol. The van der Waals surface area contributed by atoms with Gasteiger partial charge in [0.15, 0.2) is 0 Å². The molecule has 0 spiro atoms. The molecule has 1 aliphatic rings. The van der Waals surface area contributed by atoms with Gasteiger partial charge in [0.2, 0.25) is 0 Å². The molecule has 0 aromatic heterocycles. The third-order valence-corrected chi connectivity index (χ3v) is 4.93. The molecule has 1 aromatic rings. The van der Waals surface area contributed by atoms with Gasteiger partial charge in [-0.3, -0.25) is 0 Å². The van der Waals surface area contributed by atoms with Crippen LogP contribution in [-0.4, -0.2) is 6.54 Å². The zero-order valence-corrected chi connectivity index (χ0v) is 12.6. The summed E-state index contributed by atoms with van der Waals surface area (Å²) in [5.74, 6) is 0.632. The number of benzene rings is 1. The first-order valence-corrected chi connectivity index (χ1v) is 7.94. The molecule has 1 fully saturated rings. The molecule has 106 valence electrons. The first-order chi connectivity index (χ1) is 9.15. The van der Waals surface area contributed by atoms with Crippen LogP contribution in [0.4, 0.5) is 0 Å². The van der Waals surface area contributed by atoms with Gasteiger partial charge >= 0.3 is 0 Å². The molecule has 0 bridgehead atoms. The SMILES string of the molecule is CC(C)c1ccc(CCC2(CCN)CCCC2)cc1. The minimum atomic E-state index is 0.561. The van der Waals surface area contributed by atoms with Crippen molar-refractivity contribution in [2.75, 3.05) is 6.54 Å². The van der Waals surface area contributed by atoms with E-state index >= 15 is 0 Å². The van der Waals surface area contributed by atoms with Crippen molar-refractivity contribution in [2.24, 2.45) is 11.1 Å². The lowest BCUT2D eigenvalue weighted by Gasteiger charge is -2.28. The maximum Gasteiger partial charge on any atom is -0.00720 e. The first kappa shape index (κ1) is 14.6. The third kappa shape index (κ3) is 3.82. The lowest BCUT2D eigenvalue weighted by molar-refractivity contribution is 0.253. The fraction of sp³-hybridized carbons (Fsp3) is 0.667. The highest BCUT2D eigenvalue weighted by molar-refractivity contribution is 5.24. The molecule has 0 atom stereocenters. The molecule has 0 unspecified atom stereocenters. The van der Waals surface area contributed by atoms with Crippen molar-refractivity contribution in [3.05, 3.63) is 35.4 Å². The lowest BCUT2D eigenvalue weighted by atomic mass is 9.77. The summed E-state index contributed by atoms with van der Waals surface area (Å²) in [5.41, 5.74) is 9.32. The Morgan fingerprint density at radius 3 is 2.21 bits per heavy atom. The van der Waals surface area contributed by atoms with Gasteiger partial charge in [-0.15, -0.1) is 0 Å². The summed E-state index contributed by atoms with van der Waals surface area (Å²) >= 11 is 0. The molecule has 0 heterocycles. The van der Waals surface area contributed by atoms with E-state index in [-0.39, 0.29) is 0 Å². The van der Waals surface area contributed by atoms with Crippen LogP contribution in [0.2, 0.25) is 0 Å². The molecular formula is C18H29N. The maximum atomic E-state index is 5.82. The summed E-state index contributed by atoms with van der Waals surface area (Å²) in [6.07, 6.45) is 9.38. The molecule has 2 N–H and O–H groups in total. The van der Waals surface area contributed by atoms with Crippen LogP contribution < -0.4 is 5.73 Å². The smallest absolute Gasteiger partial charge is 0.00720 e. The number of hydrogen-bond acceptors (Lipinski definition) is 1. The zero-order valence-electron chi connectivity index (χ0n) is 12.6. The highest BCUT2D eigenvalue weighted by Crippen LogP contribution is 2.44. The Balaban J connectivity index is 1.93. The van der Waals surface area contributed by atoms with Gasteiger partial charge in [-0.25, -0.2) is 0 Å². The van der Waals surface area contributed by atoms with Gasteiger partial charge in [-0.2, -0.15) is 0 Å². The number of nitrogens with two attached hydrogens (primary N) is 1. The summed E-state index contributed by atoms with van der Waals surface area (Å²) < 4.78 is 0. The largest absolute Gasteiger partial charge is 0.330 e. The predicted molar refractivity (Wildman–Crippen MR) is 83.4 cm³/mol. The topological polar surface area (TPSA) is 26.0 Å². The molecule has 1 saturated carbocycles. The Hall–Kier alpha value is -0.820. The molecule has 0 amide bonds. The van der Waals surface area contributed by atoms with Crippen molar-refractivity contribution in [1.29, 1.82) is 0 Å². The van der Waals surface area contributed by atoms with Crippen LogP contribution in [0.25, 0.3) is 0 Å². The molecule has 1 aromatic carbocycles. The van der Waals surface area contributed by atoms with Crippen LogP contribution in [0.3, 0.4) is 0 Å². The van der Waals surface area contributed by atoms with E-state index < -0.39 is 0 Å². The predicted octanol–water partition coefficient (Wildman–Crippen LogP) is 4.65. The van der Waals surface area contributed by atoms with Crippen molar-refractivity contribution in [3.8, 4) is 0 Å². The van der Waals surface area contributed by atoms with E-state index in [0.29, 0.717) is 11.3 Å². The van der Waals surface area contributed by atoms with E-state index in [4.69, 9.17) is 5.73 Å². The van der Waals surface area contributed by atoms with Crippen LogP contribution in [-0.2, 0) is 6.42 Å². The standard InChI is InChI=1S/C18H29N/c1-15(2)17-7-5-16(6-8-17)9-12-18(13-14-19)10-3-4-11-18/h5-8,15H,3-4,9-14,19H2,1-2H3. The second kappa shape index (κ2) is 6.56. The quantitative estimate of drug-likeness (QED) is 0.790. The van der Waals surface area contributed by atoms with Gasteiger partial charge in [-0.05, 0) is 61.1 Å². The minimum Gasteiger partial charge on any atom is -0.330 e. The lowest BCUT2D eigenvalue weighted by Crippen LogP contribution is -2.21. The van der Waals surface area contributed by atoms with E-state index in [1.165, 1.54) is 56.1 Å². The number of aryl methyl sites for hydroxylation is 1. The van der Waals surface area contributed by atoms with Gasteiger partial charge in [-0.1, -0.05) is 51.0 Å². The summed E-state index contributed by atoms with van der Waals surface area (Å²) in [6.45, 7) is 5.36. The van der Waals surface area contributed by atoms with E-state index in [9.17, 15) is 0 Å². The van der Waals surface area contributed by atoms with Crippen LogP contribution in [0, 0.1) is 5.41 Å². The third-order valence-electron chi connectivity index (χ3n) is 4.93. The van der Waals surface area contributed by atoms with Crippen molar-refractivity contribution in [2.45, 2.75) is 64.7 Å². The Kier molecular flexibility index (Phi) is 5.04. The molecule has 1 nitrogen and oxygen atoms in total. The van der Waals surface area contributed by atoms with Gasteiger partial charge in [0.05, 0.1) is 0 Å². The Labute approximate surface area is 118 Å². The molecule has 0 radical (unpaired) electrons. The number of hydrogen-bond donors (Lipinski definition) is 1. The van der Waals surface area contributed by atoms with Crippen LogP contribution in [0.1, 0.15) is 69.4 Å². The van der Waals surface area contributed by atoms with Crippen LogP contribution >= 0.6 is 0 Å². The van der Waals surface area contributed by atoms with Gasteiger partial charge < -0.3 is 5.73 Å². The van der Waals surface area contributed by atoms with E-state index in [0.717, 1.165) is 6.54 Å². The second-order valence-corrected chi connectivity index (χ2v) is 6.64. The van der Waals surface area contributed by atoms with Gasteiger partial charge in [0, 0.05) is 0 Å². The second-order valence-electron chi connectivity index (χ2n) is 6.64. The summed E-state index contributed by atoms with van der Waals surface area (Å²) in [5, 5.41) is 0. The zero-order chi connectivity index (χ0) is 13.7. The summed E-state index contributed by atoms with van der Waals surface area (Å²) in [4.78, 5) is 0. The molecule has 1 aliphatic carbocycles. The Morgan fingerprint density at radius 2 is 1.68 bits per heavy atom. The Bertz CT molecular complexity index is 371. The van der Waals surface area contributed by atoms with Gasteiger partial charge in [0.1, 0.15) is 0 Å². The molecule has 19 heavy (non-hydrogen) atoms. The summed E-state index contributed by atoms with van der Waals surface area (Å²) in [7, 11) is 0. The minimum absolute atomic E-state index is 0.561. The monoisotopic (exact) mass is 259 g/mol. The van der Waals surface area contributed by atoms with Crippen LogP contribution in [0.5, 0.6) is 0 Å². The van der Waals surface area contributed by atoms with Crippen molar-refractivity contribution in [3.63, 3.8) is 0 Å². The maximum absolute atomic E-state index is 5.82. The number of rotatable bonds is 6. The summed E-state index contributed by atoms with van der Waals surface area (Å²) in [6, 6.07) is 9.23. The Morgan fingerprint density at radius 1 is 1.05 bits per heavy atom. The van der Waals surface area contributed by atoms with Gasteiger partial charge in [0.25, 0.3) is 0 Å². The fourth-order valence-corrected chi connectivity index (χ4v) is 3.53. The molecule has 2 rings (SSSR count). The highest BCUT2D eigenvalue weighted by atomic mass is 14.5. The van der Waals surface area contributed by atoms with Crippen molar-refractivity contribution >= 4 is 0 Å². The fourth-order valence-electron chi connectivity index (χ4n) is 3.53. The van der Waals surface area contributed by atoms with Crippen molar-refractivity contribution < 1.29 is 0 Å². The normalized spacial score (nSPS) is 18.1. The van der Waals surface area contributed by atoms with E-state index in [1.807, 2.05) is 0 Å². The average Bonchev–Trinajstić information content (AvgIpc) is 2.86. The molecule has 0 saturated heterocycles. The first-order valence-electron chi connectivity index (χ1n) is 7.94. The molecule has 0 aliphatic heterocycles. The van der Waals surface area contributed by atoms with Crippen molar-refractivity contribution in [1.82, 2.24) is 0 Å². The van der Waals surface area contributed by atoms with E-state index in [1.54, 1.807) is 0 Å². The molecule has 1 heteroatoms. The molecular weight excluding hydrogens is 230 g/mol. The van der Waals surface area contributed by atoms with Crippen LogP contribution in [0.15, 0.2) is 24.3 Å².